The van der Waals surface area contributed by atoms with Crippen LogP contribution in [-0.4, -0.2) is 37.0 Å². The van der Waals surface area contributed by atoms with Gasteiger partial charge in [-0.15, -0.1) is 0 Å². The van der Waals surface area contributed by atoms with E-state index < -0.39 is 10.9 Å². The highest BCUT2D eigenvalue weighted by molar-refractivity contribution is 9.10. The summed E-state index contributed by atoms with van der Waals surface area (Å²) in [6.07, 6.45) is 3.29. The van der Waals surface area contributed by atoms with Gasteiger partial charge in [0.1, 0.15) is 0 Å². The molecule has 0 spiro atoms. The molecule has 0 saturated heterocycles. The van der Waals surface area contributed by atoms with E-state index >= 15 is 0 Å². The number of benzene rings is 1. The van der Waals surface area contributed by atoms with E-state index in [-0.39, 0.29) is 11.3 Å². The van der Waals surface area contributed by atoms with Crippen LogP contribution in [-0.2, 0) is 4.74 Å². The van der Waals surface area contributed by atoms with Crippen molar-refractivity contribution in [3.8, 4) is 0 Å². The van der Waals surface area contributed by atoms with Gasteiger partial charge < -0.3 is 9.64 Å². The lowest BCUT2D eigenvalue weighted by Gasteiger charge is -2.07. The third-order valence-electron chi connectivity index (χ3n) is 2.27. The van der Waals surface area contributed by atoms with Gasteiger partial charge in [-0.2, -0.15) is 0 Å². The van der Waals surface area contributed by atoms with Crippen LogP contribution in [0.25, 0.3) is 6.08 Å². The Balaban J connectivity index is 3.37. The smallest absolute Gasteiger partial charge is 0.339 e. The van der Waals surface area contributed by atoms with Gasteiger partial charge in [0.15, 0.2) is 0 Å². The van der Waals surface area contributed by atoms with Crippen LogP contribution in [0.5, 0.6) is 0 Å². The third kappa shape index (κ3) is 3.78. The quantitative estimate of drug-likeness (QED) is 0.482. The summed E-state index contributed by atoms with van der Waals surface area (Å²) in [5.41, 5.74) is 0.371. The summed E-state index contributed by atoms with van der Waals surface area (Å²) < 4.78 is 5.02. The van der Waals surface area contributed by atoms with Gasteiger partial charge in [0.25, 0.3) is 5.69 Å². The minimum Gasteiger partial charge on any atom is -0.465 e. The van der Waals surface area contributed by atoms with E-state index in [4.69, 9.17) is 0 Å². The van der Waals surface area contributed by atoms with Gasteiger partial charge in [-0.3, -0.25) is 10.1 Å². The Morgan fingerprint density at radius 1 is 1.47 bits per heavy atom. The molecule has 1 rings (SSSR count). The van der Waals surface area contributed by atoms with Gasteiger partial charge in [0.2, 0.25) is 0 Å². The monoisotopic (exact) mass is 328 g/mol. The second-order valence-electron chi connectivity index (χ2n) is 3.92. The zero-order chi connectivity index (χ0) is 14.6. The molecule has 0 unspecified atom stereocenters. The number of esters is 1. The molecule has 0 aliphatic carbocycles. The fraction of sp³-hybridized carbons (Fsp3) is 0.250. The number of carbonyl (C=O) groups excluding carboxylic acids is 1. The Labute approximate surface area is 118 Å². The maximum absolute atomic E-state index is 11.5. The Hall–Kier alpha value is -1.89. The topological polar surface area (TPSA) is 72.7 Å². The van der Waals surface area contributed by atoms with Gasteiger partial charge >= 0.3 is 5.97 Å². The van der Waals surface area contributed by atoms with Crippen molar-refractivity contribution in [2.45, 2.75) is 0 Å². The predicted molar refractivity (Wildman–Crippen MR) is 74.9 cm³/mol. The van der Waals surface area contributed by atoms with Crippen LogP contribution in [0.15, 0.2) is 22.8 Å². The molecule has 1 aromatic carbocycles. The number of carbonyl (C=O) groups is 1. The molecule has 0 radical (unpaired) electrons. The first kappa shape index (κ1) is 15.2. The highest BCUT2D eigenvalue weighted by atomic mass is 79.9. The molecular formula is C12H13BrN2O4. The lowest BCUT2D eigenvalue weighted by Crippen LogP contribution is -2.05. The first-order valence-corrected chi connectivity index (χ1v) is 6.07. The minimum absolute atomic E-state index is 0.121. The molecule has 0 N–H and O–H groups in total. The Morgan fingerprint density at radius 3 is 2.58 bits per heavy atom. The summed E-state index contributed by atoms with van der Waals surface area (Å²) >= 11 is 3.21. The fourth-order valence-corrected chi connectivity index (χ4v) is 1.89. The number of methoxy groups -OCH3 is 1. The second-order valence-corrected chi connectivity index (χ2v) is 4.77. The molecular weight excluding hydrogens is 316 g/mol. The van der Waals surface area contributed by atoms with E-state index in [0.29, 0.717) is 10.0 Å². The molecule has 0 aromatic heterocycles. The zero-order valence-corrected chi connectivity index (χ0v) is 12.3. The summed E-state index contributed by atoms with van der Waals surface area (Å²) in [4.78, 5) is 23.7. The van der Waals surface area contributed by atoms with Crippen molar-refractivity contribution in [1.29, 1.82) is 0 Å². The predicted octanol–water partition coefficient (Wildman–Crippen LogP) is 2.68. The first-order valence-electron chi connectivity index (χ1n) is 5.27. The molecule has 1 aromatic rings. The number of nitrogens with zero attached hydrogens (tertiary/aromatic N) is 2. The SMILES string of the molecule is COC(=O)c1cc([N+](=O)[O-])c(/C=C/N(C)C)cc1Br. The van der Waals surface area contributed by atoms with Crippen LogP contribution >= 0.6 is 15.9 Å². The molecule has 0 atom stereocenters. The maximum atomic E-state index is 11.5. The molecule has 0 aliphatic rings. The summed E-state index contributed by atoms with van der Waals surface area (Å²) in [6, 6.07) is 2.72. The van der Waals surface area contributed by atoms with Gasteiger partial charge in [-0.05, 0) is 34.3 Å². The number of nitro benzene ring substituents is 1. The summed E-state index contributed by atoms with van der Waals surface area (Å²) in [5.74, 6) is -0.627. The second kappa shape index (κ2) is 6.33. The van der Waals surface area contributed by atoms with E-state index in [1.165, 1.54) is 19.2 Å². The number of nitro groups is 1. The average molecular weight is 329 g/mol. The molecule has 0 saturated carbocycles. The number of hydrogen-bond acceptors (Lipinski definition) is 5. The Bertz CT molecular complexity index is 541. The molecule has 0 aliphatic heterocycles. The van der Waals surface area contributed by atoms with Crippen molar-refractivity contribution >= 4 is 33.7 Å². The molecule has 6 nitrogen and oxygen atoms in total. The molecule has 0 heterocycles. The fourth-order valence-electron chi connectivity index (χ4n) is 1.36. The van der Waals surface area contributed by atoms with Crippen LogP contribution in [0, 0.1) is 10.1 Å². The largest absolute Gasteiger partial charge is 0.465 e. The van der Waals surface area contributed by atoms with E-state index in [1.807, 2.05) is 0 Å². The van der Waals surface area contributed by atoms with E-state index in [9.17, 15) is 14.9 Å². The summed E-state index contributed by atoms with van der Waals surface area (Å²) in [7, 11) is 4.83. The Morgan fingerprint density at radius 2 is 2.11 bits per heavy atom. The van der Waals surface area contributed by atoms with Gasteiger partial charge in [-0.1, -0.05) is 0 Å². The standard InChI is InChI=1S/C12H13BrN2O4/c1-14(2)5-4-8-6-10(13)9(12(16)19-3)7-11(8)15(17)18/h4-7H,1-3H3/b5-4+. The van der Waals surface area contributed by atoms with Gasteiger partial charge in [-0.25, -0.2) is 4.79 Å². The first-order chi connectivity index (χ1) is 8.86. The molecule has 0 amide bonds. The highest BCUT2D eigenvalue weighted by Crippen LogP contribution is 2.29. The van der Waals surface area contributed by atoms with Gasteiger partial charge in [0.05, 0.1) is 23.2 Å². The summed E-state index contributed by atoms with van der Waals surface area (Å²) in [6.45, 7) is 0. The van der Waals surface area contributed by atoms with Crippen molar-refractivity contribution in [3.05, 3.63) is 44.0 Å². The number of halogens is 1. The summed E-state index contributed by atoms with van der Waals surface area (Å²) in [5, 5.41) is 11.0. The van der Waals surface area contributed by atoms with Crippen molar-refractivity contribution < 1.29 is 14.5 Å². The van der Waals surface area contributed by atoms with Crippen LogP contribution in [0.4, 0.5) is 5.69 Å². The molecule has 7 heteroatoms. The lowest BCUT2D eigenvalue weighted by atomic mass is 10.1. The van der Waals surface area contributed by atoms with E-state index in [1.54, 1.807) is 31.3 Å². The normalized spacial score (nSPS) is 10.5. The van der Waals surface area contributed by atoms with Gasteiger partial charge in [0, 0.05) is 24.6 Å². The van der Waals surface area contributed by atoms with Crippen molar-refractivity contribution in [1.82, 2.24) is 4.90 Å². The van der Waals surface area contributed by atoms with Crippen LogP contribution in [0.1, 0.15) is 15.9 Å². The number of hydrogen-bond donors (Lipinski definition) is 0. The van der Waals surface area contributed by atoms with Crippen molar-refractivity contribution in [2.24, 2.45) is 0 Å². The minimum atomic E-state index is -0.627. The van der Waals surface area contributed by atoms with Crippen molar-refractivity contribution in [2.75, 3.05) is 21.2 Å². The Kier molecular flexibility index (Phi) is 5.05. The zero-order valence-electron chi connectivity index (χ0n) is 10.7. The molecule has 19 heavy (non-hydrogen) atoms. The van der Waals surface area contributed by atoms with Crippen LogP contribution in [0.2, 0.25) is 0 Å². The van der Waals surface area contributed by atoms with Crippen LogP contribution in [0.3, 0.4) is 0 Å². The highest BCUT2D eigenvalue weighted by Gasteiger charge is 2.20. The van der Waals surface area contributed by atoms with E-state index in [0.717, 1.165) is 0 Å². The van der Waals surface area contributed by atoms with Crippen molar-refractivity contribution in [3.63, 3.8) is 0 Å². The maximum Gasteiger partial charge on any atom is 0.339 e. The van der Waals surface area contributed by atoms with Crippen LogP contribution < -0.4 is 0 Å². The molecule has 0 fully saturated rings. The lowest BCUT2D eigenvalue weighted by molar-refractivity contribution is -0.385. The van der Waals surface area contributed by atoms with E-state index in [2.05, 4.69) is 20.7 Å². The molecule has 102 valence electrons. The third-order valence-corrected chi connectivity index (χ3v) is 2.93. The number of ether oxygens (including phenoxy) is 1. The number of rotatable bonds is 4. The molecule has 0 bridgehead atoms. The average Bonchev–Trinajstić information content (AvgIpc) is 2.34.